The minimum atomic E-state index is -0.555. The average Bonchev–Trinajstić information content (AvgIpc) is 3.09. The summed E-state index contributed by atoms with van der Waals surface area (Å²) < 4.78 is 7.27. The Kier molecular flexibility index (Phi) is 7.72. The number of benzene rings is 1. The van der Waals surface area contributed by atoms with Crippen molar-refractivity contribution in [2.24, 2.45) is 0 Å². The van der Waals surface area contributed by atoms with Crippen molar-refractivity contribution in [1.29, 1.82) is 5.26 Å². The normalized spacial score (nSPS) is 14.5. The molecule has 0 aliphatic heterocycles. The number of amides is 2. The predicted molar refractivity (Wildman–Crippen MR) is 123 cm³/mol. The van der Waals surface area contributed by atoms with Crippen LogP contribution in [0.15, 0.2) is 35.9 Å². The molecule has 1 heterocycles. The Hall–Kier alpha value is -3.53. The zero-order valence-electron chi connectivity index (χ0n) is 18.9. The van der Waals surface area contributed by atoms with Crippen LogP contribution in [-0.4, -0.2) is 36.1 Å². The van der Waals surface area contributed by atoms with Crippen LogP contribution >= 0.6 is 0 Å². The first-order chi connectivity index (χ1) is 15.4. The molecule has 168 valence electrons. The molecule has 2 N–H and O–H groups in total. The van der Waals surface area contributed by atoms with Gasteiger partial charge in [0.15, 0.2) is 0 Å². The van der Waals surface area contributed by atoms with Crippen LogP contribution < -0.4 is 15.4 Å². The molecule has 0 atom stereocenters. The van der Waals surface area contributed by atoms with Crippen LogP contribution in [0, 0.1) is 25.2 Å². The van der Waals surface area contributed by atoms with Crippen molar-refractivity contribution in [2.45, 2.75) is 52.0 Å². The standard InChI is InChI=1S/C25H30N4O3/c1-17-13-19(18(2)29(17)22-9-11-23(32-3)12-10-22)14-20(15-26)25(31)27-16-24(30)28-21-7-5-4-6-8-21/h9-14,21H,4-8,16H2,1-3H3,(H,27,31)(H,28,30)/b20-14+. The largest absolute Gasteiger partial charge is 0.497 e. The van der Waals surface area contributed by atoms with E-state index >= 15 is 0 Å². The lowest BCUT2D eigenvalue weighted by Crippen LogP contribution is -2.42. The Labute approximate surface area is 189 Å². The highest BCUT2D eigenvalue weighted by atomic mass is 16.5. The molecule has 1 aromatic carbocycles. The van der Waals surface area contributed by atoms with E-state index in [1.54, 1.807) is 13.2 Å². The van der Waals surface area contributed by atoms with Crippen LogP contribution in [0.3, 0.4) is 0 Å². The van der Waals surface area contributed by atoms with Crippen molar-refractivity contribution in [3.05, 3.63) is 52.9 Å². The molecule has 1 fully saturated rings. The summed E-state index contributed by atoms with van der Waals surface area (Å²) in [6.07, 6.45) is 6.97. The van der Waals surface area contributed by atoms with Crippen LogP contribution in [0.4, 0.5) is 0 Å². The number of ether oxygens (including phenoxy) is 1. The van der Waals surface area contributed by atoms with E-state index in [0.717, 1.165) is 54.1 Å². The van der Waals surface area contributed by atoms with Gasteiger partial charge in [0.25, 0.3) is 5.91 Å². The van der Waals surface area contributed by atoms with E-state index in [1.165, 1.54) is 6.42 Å². The molecule has 0 spiro atoms. The highest BCUT2D eigenvalue weighted by Gasteiger charge is 2.18. The Morgan fingerprint density at radius 1 is 1.19 bits per heavy atom. The van der Waals surface area contributed by atoms with Gasteiger partial charge in [-0.1, -0.05) is 19.3 Å². The maximum atomic E-state index is 12.5. The minimum absolute atomic E-state index is 0.0366. The highest BCUT2D eigenvalue weighted by Crippen LogP contribution is 2.24. The number of carbonyl (C=O) groups excluding carboxylic acids is 2. The second-order valence-corrected chi connectivity index (χ2v) is 8.11. The van der Waals surface area contributed by atoms with Crippen molar-refractivity contribution in [2.75, 3.05) is 13.7 Å². The van der Waals surface area contributed by atoms with E-state index in [-0.39, 0.29) is 24.1 Å². The first-order valence-corrected chi connectivity index (χ1v) is 11.0. The van der Waals surface area contributed by atoms with Crippen molar-refractivity contribution >= 4 is 17.9 Å². The highest BCUT2D eigenvalue weighted by molar-refractivity contribution is 6.03. The van der Waals surface area contributed by atoms with Crippen LogP contribution in [0.25, 0.3) is 11.8 Å². The summed E-state index contributed by atoms with van der Waals surface area (Å²) >= 11 is 0. The van der Waals surface area contributed by atoms with Crippen LogP contribution in [0.1, 0.15) is 49.1 Å². The predicted octanol–water partition coefficient (Wildman–Crippen LogP) is 3.57. The van der Waals surface area contributed by atoms with E-state index in [2.05, 4.69) is 15.2 Å². The molecule has 0 unspecified atom stereocenters. The number of aryl methyl sites for hydroxylation is 1. The van der Waals surface area contributed by atoms with E-state index < -0.39 is 5.91 Å². The van der Waals surface area contributed by atoms with Gasteiger partial charge >= 0.3 is 0 Å². The molecule has 1 aliphatic rings. The first-order valence-electron chi connectivity index (χ1n) is 11.0. The fourth-order valence-corrected chi connectivity index (χ4v) is 4.15. The van der Waals surface area contributed by atoms with Gasteiger partial charge in [0.05, 0.1) is 13.7 Å². The van der Waals surface area contributed by atoms with E-state index in [9.17, 15) is 14.9 Å². The van der Waals surface area contributed by atoms with Gasteiger partial charge in [-0.05, 0) is 68.7 Å². The Morgan fingerprint density at radius 3 is 2.50 bits per heavy atom. The Bertz CT molecular complexity index is 1040. The summed E-state index contributed by atoms with van der Waals surface area (Å²) in [4.78, 5) is 24.7. The number of carbonyl (C=O) groups is 2. The molecule has 3 rings (SSSR count). The van der Waals surface area contributed by atoms with E-state index in [1.807, 2.05) is 50.2 Å². The molecule has 7 nitrogen and oxygen atoms in total. The van der Waals surface area contributed by atoms with Crippen molar-refractivity contribution in [1.82, 2.24) is 15.2 Å². The fraction of sp³-hybridized carbons (Fsp3) is 0.400. The lowest BCUT2D eigenvalue weighted by atomic mass is 9.95. The summed E-state index contributed by atoms with van der Waals surface area (Å²) in [6, 6.07) is 11.7. The quantitative estimate of drug-likeness (QED) is 0.514. The summed E-state index contributed by atoms with van der Waals surface area (Å²) in [5.41, 5.74) is 3.58. The van der Waals surface area contributed by atoms with Crippen LogP contribution in [-0.2, 0) is 9.59 Å². The second kappa shape index (κ2) is 10.7. The second-order valence-electron chi connectivity index (χ2n) is 8.11. The number of hydrogen-bond acceptors (Lipinski definition) is 4. The molecule has 32 heavy (non-hydrogen) atoms. The molecular formula is C25H30N4O3. The molecule has 0 radical (unpaired) electrons. The van der Waals surface area contributed by atoms with E-state index in [4.69, 9.17) is 4.74 Å². The van der Waals surface area contributed by atoms with Crippen LogP contribution in [0.2, 0.25) is 0 Å². The maximum Gasteiger partial charge on any atom is 0.262 e. The summed E-state index contributed by atoms with van der Waals surface area (Å²) in [6.45, 7) is 3.77. The molecule has 0 saturated heterocycles. The average molecular weight is 435 g/mol. The third-order valence-corrected chi connectivity index (χ3v) is 5.85. The fourth-order valence-electron chi connectivity index (χ4n) is 4.15. The molecule has 2 amide bonds. The van der Waals surface area contributed by atoms with Gasteiger partial charge in [-0.3, -0.25) is 9.59 Å². The van der Waals surface area contributed by atoms with Crippen molar-refractivity contribution < 1.29 is 14.3 Å². The Morgan fingerprint density at radius 2 is 1.88 bits per heavy atom. The molecule has 1 saturated carbocycles. The smallest absolute Gasteiger partial charge is 0.262 e. The molecule has 1 aromatic heterocycles. The number of aromatic nitrogens is 1. The number of nitriles is 1. The lowest BCUT2D eigenvalue weighted by molar-refractivity contribution is -0.124. The van der Waals surface area contributed by atoms with Gasteiger partial charge in [-0.15, -0.1) is 0 Å². The number of nitrogens with one attached hydrogen (secondary N) is 2. The lowest BCUT2D eigenvalue weighted by Gasteiger charge is -2.22. The maximum absolute atomic E-state index is 12.5. The molecule has 7 heteroatoms. The van der Waals surface area contributed by atoms with Gasteiger partial charge in [0.2, 0.25) is 5.91 Å². The van der Waals surface area contributed by atoms with Crippen molar-refractivity contribution in [3.63, 3.8) is 0 Å². The minimum Gasteiger partial charge on any atom is -0.497 e. The third kappa shape index (κ3) is 5.58. The zero-order chi connectivity index (χ0) is 23.1. The van der Waals surface area contributed by atoms with Crippen LogP contribution in [0.5, 0.6) is 5.75 Å². The monoisotopic (exact) mass is 434 g/mol. The SMILES string of the molecule is COc1ccc(-n2c(C)cc(/C=C(\C#N)C(=O)NCC(=O)NC3CCCCC3)c2C)cc1. The van der Waals surface area contributed by atoms with Gasteiger partial charge in [0, 0.05) is 23.1 Å². The van der Waals surface area contributed by atoms with Gasteiger partial charge in [-0.25, -0.2) is 0 Å². The number of rotatable bonds is 7. The third-order valence-electron chi connectivity index (χ3n) is 5.85. The summed E-state index contributed by atoms with van der Waals surface area (Å²) in [5, 5.41) is 15.1. The molecular weight excluding hydrogens is 404 g/mol. The molecule has 1 aliphatic carbocycles. The Balaban J connectivity index is 1.69. The summed E-state index contributed by atoms with van der Waals surface area (Å²) in [7, 11) is 1.62. The zero-order valence-corrected chi connectivity index (χ0v) is 18.9. The molecule has 0 bridgehead atoms. The van der Waals surface area contributed by atoms with Gasteiger partial charge in [-0.2, -0.15) is 5.26 Å². The topological polar surface area (TPSA) is 96.2 Å². The number of nitrogens with zero attached hydrogens (tertiary/aromatic N) is 2. The number of hydrogen-bond donors (Lipinski definition) is 2. The summed E-state index contributed by atoms with van der Waals surface area (Å²) in [5.74, 6) is -0.00642. The van der Waals surface area contributed by atoms with E-state index in [0.29, 0.717) is 0 Å². The van der Waals surface area contributed by atoms with Crippen molar-refractivity contribution in [3.8, 4) is 17.5 Å². The number of methoxy groups -OCH3 is 1. The van der Waals surface area contributed by atoms with Gasteiger partial charge in [0.1, 0.15) is 17.4 Å². The first kappa shape index (κ1) is 23.1. The molecule has 2 aromatic rings. The van der Waals surface area contributed by atoms with Gasteiger partial charge < -0.3 is 19.9 Å².